The molecule has 0 bridgehead atoms. The summed E-state index contributed by atoms with van der Waals surface area (Å²) in [5.41, 5.74) is 0. The normalized spacial score (nSPS) is 11.2. The Morgan fingerprint density at radius 2 is 2.15 bits per heavy atom. The van der Waals surface area contributed by atoms with Crippen LogP contribution in [0.2, 0.25) is 0 Å². The van der Waals surface area contributed by atoms with Crippen LogP contribution in [0.25, 0.3) is 10.2 Å². The maximum Gasteiger partial charge on any atom is 0.227 e. The molecule has 0 aliphatic rings. The van der Waals surface area contributed by atoms with Gasteiger partial charge in [-0.3, -0.25) is 0 Å². The molecule has 0 aromatic carbocycles. The van der Waals surface area contributed by atoms with E-state index >= 15 is 0 Å². The van der Waals surface area contributed by atoms with E-state index in [9.17, 15) is 0 Å². The number of anilines is 1. The van der Waals surface area contributed by atoms with Gasteiger partial charge in [0.2, 0.25) is 11.8 Å². The van der Waals surface area contributed by atoms with Crippen molar-refractivity contribution in [3.8, 4) is 5.88 Å². The summed E-state index contributed by atoms with van der Waals surface area (Å²) in [5, 5.41) is 4.02. The summed E-state index contributed by atoms with van der Waals surface area (Å²) >= 11 is 1.71. The summed E-state index contributed by atoms with van der Waals surface area (Å²) in [6, 6.07) is 2.14. The predicted molar refractivity (Wildman–Crippen MR) is 85.0 cm³/mol. The molecule has 5 nitrogen and oxygen atoms in total. The molecule has 20 heavy (non-hydrogen) atoms. The summed E-state index contributed by atoms with van der Waals surface area (Å²) in [5.74, 6) is 1.30. The van der Waals surface area contributed by atoms with Crippen molar-refractivity contribution < 1.29 is 4.74 Å². The highest BCUT2D eigenvalue weighted by atomic mass is 32.1. The highest BCUT2D eigenvalue weighted by molar-refractivity contribution is 7.18. The SMILES string of the molecule is CCc1cc2c(OCCCN(C)C)nc(NC)nc2s1. The Balaban J connectivity index is 2.18. The number of nitrogens with zero attached hydrogens (tertiary/aromatic N) is 3. The molecule has 0 saturated carbocycles. The lowest BCUT2D eigenvalue weighted by molar-refractivity contribution is 0.276. The molecule has 0 fully saturated rings. The van der Waals surface area contributed by atoms with Gasteiger partial charge < -0.3 is 15.0 Å². The zero-order valence-electron chi connectivity index (χ0n) is 12.6. The van der Waals surface area contributed by atoms with Gasteiger partial charge in [-0.15, -0.1) is 11.3 Å². The average Bonchev–Trinajstić information content (AvgIpc) is 2.86. The van der Waals surface area contributed by atoms with Crippen LogP contribution < -0.4 is 10.1 Å². The van der Waals surface area contributed by atoms with Crippen LogP contribution in [-0.2, 0) is 6.42 Å². The third-order valence-electron chi connectivity index (χ3n) is 2.97. The molecule has 0 unspecified atom stereocenters. The second-order valence-electron chi connectivity index (χ2n) is 4.89. The first-order chi connectivity index (χ1) is 9.63. The number of hydrogen-bond donors (Lipinski definition) is 1. The second-order valence-corrected chi connectivity index (χ2v) is 6.01. The van der Waals surface area contributed by atoms with Crippen molar-refractivity contribution in [3.05, 3.63) is 10.9 Å². The van der Waals surface area contributed by atoms with Gasteiger partial charge in [0.05, 0.1) is 12.0 Å². The smallest absolute Gasteiger partial charge is 0.227 e. The molecule has 0 aliphatic carbocycles. The Labute approximate surface area is 124 Å². The molecule has 2 rings (SSSR count). The molecule has 2 heterocycles. The van der Waals surface area contributed by atoms with E-state index in [-0.39, 0.29) is 0 Å². The third-order valence-corrected chi connectivity index (χ3v) is 4.14. The minimum absolute atomic E-state index is 0.615. The highest BCUT2D eigenvalue weighted by Crippen LogP contribution is 2.31. The fraction of sp³-hybridized carbons (Fsp3) is 0.571. The van der Waals surface area contributed by atoms with Gasteiger partial charge in [0.1, 0.15) is 4.83 Å². The van der Waals surface area contributed by atoms with Crippen molar-refractivity contribution in [3.63, 3.8) is 0 Å². The fourth-order valence-electron chi connectivity index (χ4n) is 1.89. The summed E-state index contributed by atoms with van der Waals surface area (Å²) in [4.78, 5) is 13.4. The average molecular weight is 294 g/mol. The van der Waals surface area contributed by atoms with E-state index in [0.29, 0.717) is 18.4 Å². The largest absolute Gasteiger partial charge is 0.477 e. The zero-order chi connectivity index (χ0) is 14.5. The fourth-order valence-corrected chi connectivity index (χ4v) is 2.85. The van der Waals surface area contributed by atoms with Crippen molar-refractivity contribution in [2.24, 2.45) is 0 Å². The Morgan fingerprint density at radius 1 is 1.35 bits per heavy atom. The standard InChI is InChI=1S/C14H22N4OS/c1-5-10-9-11-12(19-8-6-7-18(3)4)16-14(15-2)17-13(11)20-10/h9H,5-8H2,1-4H3,(H,15,16,17). The minimum Gasteiger partial charge on any atom is -0.477 e. The summed E-state index contributed by atoms with van der Waals surface area (Å²) in [7, 11) is 5.95. The Hall–Kier alpha value is -1.40. The van der Waals surface area contributed by atoms with Crippen LogP contribution in [0, 0.1) is 0 Å². The quantitative estimate of drug-likeness (QED) is 0.796. The van der Waals surface area contributed by atoms with Crippen LogP contribution in [0.15, 0.2) is 6.07 Å². The summed E-state index contributed by atoms with van der Waals surface area (Å²) in [6.07, 6.45) is 1.99. The molecule has 0 aliphatic heterocycles. The monoisotopic (exact) mass is 294 g/mol. The number of ether oxygens (including phenoxy) is 1. The first-order valence-corrected chi connectivity index (χ1v) is 7.71. The Kier molecular flexibility index (Phi) is 5.14. The van der Waals surface area contributed by atoms with Gasteiger partial charge in [0.25, 0.3) is 0 Å². The lowest BCUT2D eigenvalue weighted by atomic mass is 10.3. The molecular weight excluding hydrogens is 272 g/mol. The molecule has 0 spiro atoms. The molecule has 0 atom stereocenters. The van der Waals surface area contributed by atoms with E-state index < -0.39 is 0 Å². The van der Waals surface area contributed by atoms with Gasteiger partial charge >= 0.3 is 0 Å². The van der Waals surface area contributed by atoms with Gasteiger partial charge in [0, 0.05) is 18.5 Å². The number of hydrogen-bond acceptors (Lipinski definition) is 6. The maximum atomic E-state index is 5.86. The Bertz CT molecular complexity index is 568. The predicted octanol–water partition coefficient (Wildman–Crippen LogP) is 2.63. The van der Waals surface area contributed by atoms with E-state index in [1.807, 2.05) is 7.05 Å². The van der Waals surface area contributed by atoms with Gasteiger partial charge in [-0.1, -0.05) is 6.92 Å². The van der Waals surface area contributed by atoms with Gasteiger partial charge in [-0.05, 0) is 33.0 Å². The van der Waals surface area contributed by atoms with E-state index in [0.717, 1.165) is 29.6 Å². The minimum atomic E-state index is 0.615. The molecular formula is C14H22N4OS. The lowest BCUT2D eigenvalue weighted by Gasteiger charge is -2.11. The lowest BCUT2D eigenvalue weighted by Crippen LogP contribution is -2.15. The molecule has 2 aromatic heterocycles. The van der Waals surface area contributed by atoms with Crippen molar-refractivity contribution in [2.75, 3.05) is 39.6 Å². The Morgan fingerprint density at radius 3 is 2.80 bits per heavy atom. The van der Waals surface area contributed by atoms with Crippen molar-refractivity contribution in [1.82, 2.24) is 14.9 Å². The molecule has 0 amide bonds. The van der Waals surface area contributed by atoms with Crippen LogP contribution in [0.5, 0.6) is 5.88 Å². The molecule has 0 radical (unpaired) electrons. The number of nitrogens with one attached hydrogen (secondary N) is 1. The number of aromatic nitrogens is 2. The van der Waals surface area contributed by atoms with Gasteiger partial charge in [-0.2, -0.15) is 4.98 Å². The number of fused-ring (bicyclic) bond motifs is 1. The number of aryl methyl sites for hydroxylation is 1. The topological polar surface area (TPSA) is 50.3 Å². The highest BCUT2D eigenvalue weighted by Gasteiger charge is 2.12. The van der Waals surface area contributed by atoms with Crippen molar-refractivity contribution in [1.29, 1.82) is 0 Å². The second kappa shape index (κ2) is 6.85. The summed E-state index contributed by atoms with van der Waals surface area (Å²) in [6.45, 7) is 3.83. The number of thiophene rings is 1. The zero-order valence-corrected chi connectivity index (χ0v) is 13.4. The first kappa shape index (κ1) is 15.0. The van der Waals surface area contributed by atoms with Crippen molar-refractivity contribution in [2.45, 2.75) is 19.8 Å². The summed E-state index contributed by atoms with van der Waals surface area (Å²) < 4.78 is 5.86. The van der Waals surface area contributed by atoms with Gasteiger partial charge in [0.15, 0.2) is 0 Å². The molecule has 0 saturated heterocycles. The maximum absolute atomic E-state index is 5.86. The molecule has 1 N–H and O–H groups in total. The third kappa shape index (κ3) is 3.58. The van der Waals surface area contributed by atoms with E-state index in [1.165, 1.54) is 4.88 Å². The van der Waals surface area contributed by atoms with Crippen LogP contribution >= 0.6 is 11.3 Å². The van der Waals surface area contributed by atoms with E-state index in [1.54, 1.807) is 11.3 Å². The molecule has 2 aromatic rings. The van der Waals surface area contributed by atoms with E-state index in [4.69, 9.17) is 4.74 Å². The van der Waals surface area contributed by atoms with Gasteiger partial charge in [-0.25, -0.2) is 4.98 Å². The van der Waals surface area contributed by atoms with Crippen molar-refractivity contribution >= 4 is 27.5 Å². The molecule has 110 valence electrons. The van der Waals surface area contributed by atoms with Crippen LogP contribution in [0.3, 0.4) is 0 Å². The first-order valence-electron chi connectivity index (χ1n) is 6.89. The molecule has 6 heteroatoms. The van der Waals surface area contributed by atoms with E-state index in [2.05, 4.69) is 47.3 Å². The van der Waals surface area contributed by atoms with Crippen LogP contribution in [-0.4, -0.2) is 49.2 Å². The number of rotatable bonds is 7. The van der Waals surface area contributed by atoms with Crippen LogP contribution in [0.4, 0.5) is 5.95 Å². The van der Waals surface area contributed by atoms with Crippen LogP contribution in [0.1, 0.15) is 18.2 Å².